The molecule has 0 N–H and O–H groups in total. The number of hydrogen-bond acceptors (Lipinski definition) is 3. The highest BCUT2D eigenvalue weighted by Gasteiger charge is 2.22. The third-order valence-corrected chi connectivity index (χ3v) is 2.59. The maximum absolute atomic E-state index is 11.6. The molecule has 2 fully saturated rings. The van der Waals surface area contributed by atoms with Crippen LogP contribution in [0, 0.1) is 0 Å². The predicted molar refractivity (Wildman–Crippen MR) is 50.7 cm³/mol. The van der Waals surface area contributed by atoms with E-state index >= 15 is 0 Å². The van der Waals surface area contributed by atoms with Gasteiger partial charge in [0, 0.05) is 39.3 Å². The molecular formula is C9H16N3O2. The average molecular weight is 198 g/mol. The molecule has 79 valence electrons. The molecule has 14 heavy (non-hydrogen) atoms. The summed E-state index contributed by atoms with van der Waals surface area (Å²) in [4.78, 5) is 18.5. The van der Waals surface area contributed by atoms with Gasteiger partial charge in [-0.2, -0.15) is 0 Å². The number of hydroxylamine groups is 2. The smallest absolute Gasteiger partial charge is 0.351 e. The number of nitrogens with zero attached hydrogens (tertiary/aromatic N) is 3. The summed E-state index contributed by atoms with van der Waals surface area (Å²) in [5, 5.41) is 5.94. The SMILES string of the molecule is O=C(ON1CCCC1)N1CC[N]CC1. The first kappa shape index (κ1) is 9.73. The van der Waals surface area contributed by atoms with Gasteiger partial charge in [0.2, 0.25) is 0 Å². The predicted octanol–water partition coefficient (Wildman–Crippen LogP) is 0.0538. The van der Waals surface area contributed by atoms with E-state index in [-0.39, 0.29) is 6.09 Å². The van der Waals surface area contributed by atoms with Gasteiger partial charge in [-0.25, -0.2) is 10.1 Å². The first-order chi connectivity index (χ1) is 6.86. The average Bonchev–Trinajstić information content (AvgIpc) is 2.72. The molecule has 2 rings (SSSR count). The van der Waals surface area contributed by atoms with Crippen LogP contribution < -0.4 is 5.32 Å². The van der Waals surface area contributed by atoms with Crippen molar-refractivity contribution in [1.82, 2.24) is 15.3 Å². The summed E-state index contributed by atoms with van der Waals surface area (Å²) >= 11 is 0. The van der Waals surface area contributed by atoms with E-state index in [1.807, 2.05) is 0 Å². The van der Waals surface area contributed by atoms with Gasteiger partial charge in [-0.1, -0.05) is 0 Å². The molecule has 0 aromatic rings. The second-order valence-electron chi connectivity index (χ2n) is 3.65. The lowest BCUT2D eigenvalue weighted by Crippen LogP contribution is -2.45. The van der Waals surface area contributed by atoms with Crippen LogP contribution in [-0.4, -0.2) is 55.3 Å². The van der Waals surface area contributed by atoms with E-state index in [0.717, 1.165) is 39.0 Å². The van der Waals surface area contributed by atoms with Crippen LogP contribution in [0.1, 0.15) is 12.8 Å². The Morgan fingerprint density at radius 3 is 2.36 bits per heavy atom. The van der Waals surface area contributed by atoms with E-state index in [9.17, 15) is 4.79 Å². The summed E-state index contributed by atoms with van der Waals surface area (Å²) in [6.07, 6.45) is 2.05. The number of amides is 1. The van der Waals surface area contributed by atoms with E-state index in [2.05, 4.69) is 5.32 Å². The Morgan fingerprint density at radius 1 is 1.07 bits per heavy atom. The minimum absolute atomic E-state index is 0.207. The van der Waals surface area contributed by atoms with Crippen molar-refractivity contribution in [3.8, 4) is 0 Å². The monoisotopic (exact) mass is 198 g/mol. The van der Waals surface area contributed by atoms with Gasteiger partial charge >= 0.3 is 6.09 Å². The van der Waals surface area contributed by atoms with Gasteiger partial charge in [0.05, 0.1) is 0 Å². The zero-order valence-electron chi connectivity index (χ0n) is 8.31. The molecule has 5 heteroatoms. The van der Waals surface area contributed by atoms with Crippen LogP contribution in [0.3, 0.4) is 0 Å². The minimum atomic E-state index is -0.207. The van der Waals surface area contributed by atoms with Crippen LogP contribution in [-0.2, 0) is 4.84 Å². The molecule has 2 aliphatic heterocycles. The lowest BCUT2D eigenvalue weighted by Gasteiger charge is -2.27. The fourth-order valence-corrected chi connectivity index (χ4v) is 1.74. The summed E-state index contributed by atoms with van der Waals surface area (Å²) in [7, 11) is 0. The quantitative estimate of drug-likeness (QED) is 0.598. The van der Waals surface area contributed by atoms with Crippen LogP contribution >= 0.6 is 0 Å². The fourth-order valence-electron chi connectivity index (χ4n) is 1.74. The van der Waals surface area contributed by atoms with Crippen LogP contribution in [0.15, 0.2) is 0 Å². The van der Waals surface area contributed by atoms with E-state index < -0.39 is 0 Å². The second-order valence-corrected chi connectivity index (χ2v) is 3.65. The molecule has 5 nitrogen and oxygen atoms in total. The molecular weight excluding hydrogens is 182 g/mol. The molecule has 0 aromatic carbocycles. The van der Waals surface area contributed by atoms with Gasteiger partial charge in [0.1, 0.15) is 0 Å². The summed E-state index contributed by atoms with van der Waals surface area (Å²) in [6, 6.07) is 0. The Balaban J connectivity index is 1.75. The molecule has 2 heterocycles. The summed E-state index contributed by atoms with van der Waals surface area (Å²) in [5.74, 6) is 0. The molecule has 0 aromatic heterocycles. The number of piperazine rings is 1. The first-order valence-electron chi connectivity index (χ1n) is 5.21. The van der Waals surface area contributed by atoms with Crippen LogP contribution in [0.2, 0.25) is 0 Å². The highest BCUT2D eigenvalue weighted by atomic mass is 16.7. The van der Waals surface area contributed by atoms with Crippen LogP contribution in [0.25, 0.3) is 0 Å². The van der Waals surface area contributed by atoms with E-state index in [1.54, 1.807) is 9.96 Å². The standard InChI is InChI=1S/C9H16N3O2/c13-9(11-7-3-10-4-8-11)14-12-5-1-2-6-12/h1-8H2. The lowest BCUT2D eigenvalue weighted by molar-refractivity contribution is -0.0954. The second kappa shape index (κ2) is 4.61. The van der Waals surface area contributed by atoms with Crippen molar-refractivity contribution in [2.45, 2.75) is 12.8 Å². The minimum Gasteiger partial charge on any atom is -0.351 e. The van der Waals surface area contributed by atoms with Crippen molar-refractivity contribution in [2.24, 2.45) is 0 Å². The zero-order valence-corrected chi connectivity index (χ0v) is 8.31. The maximum atomic E-state index is 11.6. The fraction of sp³-hybridized carbons (Fsp3) is 0.889. The van der Waals surface area contributed by atoms with Gasteiger partial charge in [0.25, 0.3) is 0 Å². The number of rotatable bonds is 1. The number of hydrogen-bond donors (Lipinski definition) is 0. The van der Waals surface area contributed by atoms with Crippen molar-refractivity contribution >= 4 is 6.09 Å². The number of carbonyl (C=O) groups excluding carboxylic acids is 1. The van der Waals surface area contributed by atoms with Crippen molar-refractivity contribution in [3.05, 3.63) is 0 Å². The van der Waals surface area contributed by atoms with Crippen LogP contribution in [0.5, 0.6) is 0 Å². The van der Waals surface area contributed by atoms with E-state index in [4.69, 9.17) is 4.84 Å². The van der Waals surface area contributed by atoms with E-state index in [1.165, 1.54) is 0 Å². The normalized spacial score (nSPS) is 23.9. The Morgan fingerprint density at radius 2 is 1.71 bits per heavy atom. The molecule has 0 bridgehead atoms. The molecule has 1 radical (unpaired) electrons. The van der Waals surface area contributed by atoms with Crippen molar-refractivity contribution in [1.29, 1.82) is 0 Å². The Hall–Kier alpha value is -0.810. The topological polar surface area (TPSA) is 46.9 Å². The van der Waals surface area contributed by atoms with Gasteiger partial charge in [-0.3, -0.25) is 0 Å². The third kappa shape index (κ3) is 2.36. The highest BCUT2D eigenvalue weighted by Crippen LogP contribution is 2.09. The van der Waals surface area contributed by atoms with Crippen molar-refractivity contribution < 1.29 is 9.63 Å². The van der Waals surface area contributed by atoms with Crippen LogP contribution in [0.4, 0.5) is 4.79 Å². The first-order valence-corrected chi connectivity index (χ1v) is 5.21. The van der Waals surface area contributed by atoms with Crippen molar-refractivity contribution in [2.75, 3.05) is 39.3 Å². The Bertz CT molecular complexity index is 198. The lowest BCUT2D eigenvalue weighted by atomic mass is 10.4. The third-order valence-electron chi connectivity index (χ3n) is 2.59. The summed E-state index contributed by atoms with van der Waals surface area (Å²) in [5.41, 5.74) is 0. The molecule has 0 unspecified atom stereocenters. The molecule has 2 aliphatic rings. The molecule has 2 saturated heterocycles. The van der Waals surface area contributed by atoms with E-state index in [0.29, 0.717) is 13.1 Å². The van der Waals surface area contributed by atoms with Gasteiger partial charge in [-0.15, -0.1) is 5.06 Å². The maximum Gasteiger partial charge on any atom is 0.429 e. The van der Waals surface area contributed by atoms with Crippen molar-refractivity contribution in [3.63, 3.8) is 0 Å². The Kier molecular flexibility index (Phi) is 3.21. The summed E-state index contributed by atoms with van der Waals surface area (Å²) < 4.78 is 0. The number of carbonyl (C=O) groups is 1. The molecule has 0 spiro atoms. The van der Waals surface area contributed by atoms with Gasteiger partial charge in [-0.05, 0) is 12.8 Å². The molecule has 0 saturated carbocycles. The van der Waals surface area contributed by atoms with Gasteiger partial charge < -0.3 is 9.74 Å². The largest absolute Gasteiger partial charge is 0.429 e. The molecule has 0 aliphatic carbocycles. The Labute approximate surface area is 83.9 Å². The van der Waals surface area contributed by atoms with Gasteiger partial charge in [0.15, 0.2) is 0 Å². The molecule has 0 atom stereocenters. The highest BCUT2D eigenvalue weighted by molar-refractivity contribution is 5.67. The summed E-state index contributed by atoms with van der Waals surface area (Å²) in [6.45, 7) is 4.65. The zero-order chi connectivity index (χ0) is 9.80. The molecule has 1 amide bonds.